The maximum absolute atomic E-state index is 13.4. The summed E-state index contributed by atoms with van der Waals surface area (Å²) in [6, 6.07) is 5.69. The van der Waals surface area contributed by atoms with E-state index in [1.54, 1.807) is 13.0 Å². The maximum atomic E-state index is 13.4. The van der Waals surface area contributed by atoms with Crippen molar-refractivity contribution in [3.63, 3.8) is 0 Å². The topological polar surface area (TPSA) is 42.0 Å². The molecule has 0 atom stereocenters. The normalized spacial score (nSPS) is 10.3. The van der Waals surface area contributed by atoms with Gasteiger partial charge in [-0.05, 0) is 30.2 Å². The van der Waals surface area contributed by atoms with Gasteiger partial charge in [-0.25, -0.2) is 8.78 Å². The molecule has 1 N–H and O–H groups in total. The Morgan fingerprint density at radius 2 is 1.95 bits per heavy atom. The molecule has 0 aliphatic rings. The summed E-state index contributed by atoms with van der Waals surface area (Å²) >= 11 is 0. The predicted octanol–water partition coefficient (Wildman–Crippen LogP) is 2.60. The van der Waals surface area contributed by atoms with Crippen LogP contribution < -0.4 is 5.32 Å². The van der Waals surface area contributed by atoms with Crippen molar-refractivity contribution < 1.29 is 13.6 Å². The third-order valence-electron chi connectivity index (χ3n) is 2.82. The Morgan fingerprint density at radius 3 is 2.68 bits per heavy atom. The number of nitrogens with zero attached hydrogens (tertiary/aromatic N) is 1. The molecule has 2 rings (SSSR count). The van der Waals surface area contributed by atoms with Crippen LogP contribution >= 0.6 is 0 Å². The minimum Gasteiger partial charge on any atom is -0.348 e. The first-order chi connectivity index (χ1) is 9.09. The van der Waals surface area contributed by atoms with Crippen molar-refractivity contribution in [2.45, 2.75) is 13.5 Å². The summed E-state index contributed by atoms with van der Waals surface area (Å²) in [5.41, 5.74) is 0.943. The number of benzene rings is 1. The fraction of sp³-hybridized carbons (Fsp3) is 0.143. The van der Waals surface area contributed by atoms with Crippen molar-refractivity contribution in [3.05, 3.63) is 65.0 Å². The molecule has 1 aromatic heterocycles. The molecular formula is C14H12F2N2O. The molecule has 1 heterocycles. The molecule has 3 nitrogen and oxygen atoms in total. The molecule has 19 heavy (non-hydrogen) atoms. The lowest BCUT2D eigenvalue weighted by Gasteiger charge is -2.08. The third kappa shape index (κ3) is 2.93. The van der Waals surface area contributed by atoms with Crippen LogP contribution in [-0.4, -0.2) is 10.9 Å². The number of aromatic nitrogens is 1. The van der Waals surface area contributed by atoms with Gasteiger partial charge < -0.3 is 5.32 Å². The largest absolute Gasteiger partial charge is 0.348 e. The van der Waals surface area contributed by atoms with Gasteiger partial charge in [0.25, 0.3) is 5.91 Å². The number of carbonyl (C=O) groups excluding carboxylic acids is 1. The Bertz CT molecular complexity index is 614. The summed E-state index contributed by atoms with van der Waals surface area (Å²) in [5, 5.41) is 2.54. The van der Waals surface area contributed by atoms with Crippen molar-refractivity contribution in [3.8, 4) is 0 Å². The van der Waals surface area contributed by atoms with Gasteiger partial charge in [0.15, 0.2) is 0 Å². The lowest BCUT2D eigenvalue weighted by atomic mass is 10.1. The standard InChI is InChI=1S/C14H12F2N2O/c1-9-10(6-17-8-13(9)16)7-18-14(19)11-4-2-3-5-12(11)15/h2-6,8H,7H2,1H3,(H,18,19). The highest BCUT2D eigenvalue weighted by atomic mass is 19.1. The van der Waals surface area contributed by atoms with Crippen LogP contribution in [0.3, 0.4) is 0 Å². The molecule has 0 saturated carbocycles. The molecule has 2 aromatic rings. The quantitative estimate of drug-likeness (QED) is 0.923. The van der Waals surface area contributed by atoms with Gasteiger partial charge in [-0.3, -0.25) is 9.78 Å². The summed E-state index contributed by atoms with van der Waals surface area (Å²) < 4.78 is 26.6. The van der Waals surface area contributed by atoms with E-state index in [9.17, 15) is 13.6 Å². The fourth-order valence-electron chi connectivity index (χ4n) is 1.63. The van der Waals surface area contributed by atoms with E-state index in [1.807, 2.05) is 0 Å². The van der Waals surface area contributed by atoms with Crippen LogP contribution in [0.5, 0.6) is 0 Å². The van der Waals surface area contributed by atoms with Gasteiger partial charge in [0.2, 0.25) is 0 Å². The summed E-state index contributed by atoms with van der Waals surface area (Å²) in [5.74, 6) is -1.56. The maximum Gasteiger partial charge on any atom is 0.254 e. The highest BCUT2D eigenvalue weighted by Crippen LogP contribution is 2.11. The van der Waals surface area contributed by atoms with Crippen LogP contribution in [0, 0.1) is 18.6 Å². The van der Waals surface area contributed by atoms with Crippen LogP contribution in [0.4, 0.5) is 8.78 Å². The van der Waals surface area contributed by atoms with E-state index in [-0.39, 0.29) is 12.1 Å². The fourth-order valence-corrected chi connectivity index (χ4v) is 1.63. The molecule has 1 amide bonds. The highest BCUT2D eigenvalue weighted by molar-refractivity contribution is 5.94. The lowest BCUT2D eigenvalue weighted by molar-refractivity contribution is 0.0946. The van der Waals surface area contributed by atoms with Gasteiger partial charge in [0, 0.05) is 12.7 Å². The zero-order valence-corrected chi connectivity index (χ0v) is 10.3. The molecule has 0 spiro atoms. The van der Waals surface area contributed by atoms with Crippen molar-refractivity contribution in [1.82, 2.24) is 10.3 Å². The van der Waals surface area contributed by atoms with E-state index in [2.05, 4.69) is 10.3 Å². The number of carbonyl (C=O) groups is 1. The molecule has 0 bridgehead atoms. The van der Waals surface area contributed by atoms with Crippen molar-refractivity contribution in [2.75, 3.05) is 0 Å². The van der Waals surface area contributed by atoms with Crippen molar-refractivity contribution in [1.29, 1.82) is 0 Å². The molecule has 98 valence electrons. The zero-order chi connectivity index (χ0) is 13.8. The second-order valence-electron chi connectivity index (χ2n) is 4.07. The molecule has 0 saturated heterocycles. The first kappa shape index (κ1) is 13.1. The van der Waals surface area contributed by atoms with Crippen LogP contribution in [0.25, 0.3) is 0 Å². The highest BCUT2D eigenvalue weighted by Gasteiger charge is 2.11. The molecule has 0 aliphatic carbocycles. The zero-order valence-electron chi connectivity index (χ0n) is 10.3. The van der Waals surface area contributed by atoms with Gasteiger partial charge in [-0.15, -0.1) is 0 Å². The Hall–Kier alpha value is -2.30. The minimum atomic E-state index is -0.589. The van der Waals surface area contributed by atoms with Gasteiger partial charge in [0.1, 0.15) is 11.6 Å². The number of nitrogens with one attached hydrogen (secondary N) is 1. The van der Waals surface area contributed by atoms with Gasteiger partial charge in [-0.1, -0.05) is 12.1 Å². The number of halogens is 2. The minimum absolute atomic E-state index is 0.0375. The van der Waals surface area contributed by atoms with Crippen LogP contribution in [0.15, 0.2) is 36.7 Å². The SMILES string of the molecule is Cc1c(F)cncc1CNC(=O)c1ccccc1F. The Kier molecular flexibility index (Phi) is 3.85. The van der Waals surface area contributed by atoms with E-state index in [1.165, 1.54) is 24.4 Å². The summed E-state index contributed by atoms with van der Waals surface area (Å²) in [7, 11) is 0. The van der Waals surface area contributed by atoms with Crippen LogP contribution in [0.1, 0.15) is 21.5 Å². The second-order valence-corrected chi connectivity index (χ2v) is 4.07. The van der Waals surface area contributed by atoms with Crippen LogP contribution in [-0.2, 0) is 6.54 Å². The predicted molar refractivity (Wildman–Crippen MR) is 66.5 cm³/mol. The Morgan fingerprint density at radius 1 is 1.21 bits per heavy atom. The van der Waals surface area contributed by atoms with E-state index in [0.29, 0.717) is 11.1 Å². The van der Waals surface area contributed by atoms with Gasteiger partial charge in [0.05, 0.1) is 11.8 Å². The van der Waals surface area contributed by atoms with Crippen molar-refractivity contribution >= 4 is 5.91 Å². The number of hydrogen-bond acceptors (Lipinski definition) is 2. The smallest absolute Gasteiger partial charge is 0.254 e. The van der Waals surface area contributed by atoms with E-state index < -0.39 is 17.5 Å². The number of pyridine rings is 1. The lowest BCUT2D eigenvalue weighted by Crippen LogP contribution is -2.24. The first-order valence-electron chi connectivity index (χ1n) is 5.71. The first-order valence-corrected chi connectivity index (χ1v) is 5.71. The van der Waals surface area contributed by atoms with Gasteiger partial charge >= 0.3 is 0 Å². The number of rotatable bonds is 3. The average molecular weight is 262 g/mol. The third-order valence-corrected chi connectivity index (χ3v) is 2.82. The molecular weight excluding hydrogens is 250 g/mol. The summed E-state index contributed by atoms with van der Waals surface area (Å²) in [6.07, 6.45) is 2.58. The molecule has 0 fully saturated rings. The van der Waals surface area contributed by atoms with Crippen LogP contribution in [0.2, 0.25) is 0 Å². The average Bonchev–Trinajstić information content (AvgIpc) is 2.40. The monoisotopic (exact) mass is 262 g/mol. The van der Waals surface area contributed by atoms with E-state index in [4.69, 9.17) is 0 Å². The molecule has 5 heteroatoms. The van der Waals surface area contributed by atoms with Crippen molar-refractivity contribution in [2.24, 2.45) is 0 Å². The molecule has 0 aliphatic heterocycles. The van der Waals surface area contributed by atoms with E-state index >= 15 is 0 Å². The summed E-state index contributed by atoms with van der Waals surface area (Å²) in [4.78, 5) is 15.5. The summed E-state index contributed by atoms with van der Waals surface area (Å²) in [6.45, 7) is 1.70. The molecule has 0 unspecified atom stereocenters. The number of amides is 1. The Labute approximate surface area is 109 Å². The van der Waals surface area contributed by atoms with Gasteiger partial charge in [-0.2, -0.15) is 0 Å². The molecule has 0 radical (unpaired) electrons. The molecule has 1 aromatic carbocycles. The van der Waals surface area contributed by atoms with E-state index in [0.717, 1.165) is 6.20 Å². The second kappa shape index (κ2) is 5.56. The Balaban J connectivity index is 2.09. The number of hydrogen-bond donors (Lipinski definition) is 1.